The fourth-order valence-electron chi connectivity index (χ4n) is 1.61. The molecule has 0 heterocycles. The van der Waals surface area contributed by atoms with Crippen LogP contribution in [0.2, 0.25) is 0 Å². The molecule has 0 aliphatic carbocycles. The van der Waals surface area contributed by atoms with Gasteiger partial charge >= 0.3 is 5.97 Å². The smallest absolute Gasteiger partial charge is 0.330 e. The predicted molar refractivity (Wildman–Crippen MR) is 67.5 cm³/mol. The number of carbonyl (C=O) groups is 1. The first-order valence-corrected chi connectivity index (χ1v) is 5.95. The average Bonchev–Trinajstić information content (AvgIpc) is 2.11. The van der Waals surface area contributed by atoms with Gasteiger partial charge in [-0.3, -0.25) is 4.90 Å². The summed E-state index contributed by atoms with van der Waals surface area (Å²) in [6.07, 6.45) is 1.80. The van der Waals surface area contributed by atoms with Crippen LogP contribution in [-0.4, -0.2) is 35.6 Å². The van der Waals surface area contributed by atoms with E-state index < -0.39 is 5.97 Å². The van der Waals surface area contributed by atoms with Gasteiger partial charge in [-0.15, -0.1) is 0 Å². The van der Waals surface area contributed by atoms with Gasteiger partial charge in [0.25, 0.3) is 0 Å². The van der Waals surface area contributed by atoms with E-state index in [9.17, 15) is 4.79 Å². The summed E-state index contributed by atoms with van der Waals surface area (Å²) >= 11 is 0. The van der Waals surface area contributed by atoms with E-state index in [1.807, 2.05) is 0 Å². The minimum Gasteiger partial charge on any atom is -0.478 e. The number of nitrogens with zero attached hydrogens (tertiary/aromatic N) is 1. The van der Waals surface area contributed by atoms with Gasteiger partial charge in [0, 0.05) is 25.2 Å². The maximum atomic E-state index is 10.7. The molecule has 0 spiro atoms. The van der Waals surface area contributed by atoms with E-state index in [0.29, 0.717) is 17.4 Å². The zero-order chi connectivity index (χ0) is 12.7. The lowest BCUT2D eigenvalue weighted by Gasteiger charge is -2.24. The van der Waals surface area contributed by atoms with Crippen LogP contribution in [-0.2, 0) is 4.79 Å². The van der Waals surface area contributed by atoms with Crippen molar-refractivity contribution in [1.29, 1.82) is 0 Å². The van der Waals surface area contributed by atoms with Crippen LogP contribution in [0.3, 0.4) is 0 Å². The Morgan fingerprint density at radius 1 is 1.19 bits per heavy atom. The van der Waals surface area contributed by atoms with Crippen molar-refractivity contribution in [3.05, 3.63) is 11.6 Å². The maximum Gasteiger partial charge on any atom is 0.330 e. The van der Waals surface area contributed by atoms with Gasteiger partial charge in [-0.25, -0.2) is 4.79 Å². The van der Waals surface area contributed by atoms with Gasteiger partial charge in [-0.2, -0.15) is 0 Å². The van der Waals surface area contributed by atoms with Crippen LogP contribution in [0.1, 0.15) is 34.6 Å². The first-order chi connectivity index (χ1) is 7.32. The third kappa shape index (κ3) is 7.46. The second kappa shape index (κ2) is 7.44. The number of carboxylic acid groups (broad SMARTS) is 1. The molecule has 0 aliphatic rings. The molecule has 0 atom stereocenters. The van der Waals surface area contributed by atoms with Crippen LogP contribution in [0.5, 0.6) is 0 Å². The molecule has 0 saturated heterocycles. The highest BCUT2D eigenvalue weighted by molar-refractivity contribution is 5.85. The molecular formula is C13H25NO2. The van der Waals surface area contributed by atoms with Crippen molar-refractivity contribution < 1.29 is 9.90 Å². The molecule has 0 aromatic heterocycles. The molecule has 0 aromatic carbocycles. The third-order valence-corrected chi connectivity index (χ3v) is 2.24. The molecule has 16 heavy (non-hydrogen) atoms. The summed E-state index contributed by atoms with van der Waals surface area (Å²) in [4.78, 5) is 13.0. The molecule has 94 valence electrons. The van der Waals surface area contributed by atoms with Gasteiger partial charge in [0.2, 0.25) is 0 Å². The normalized spacial score (nSPS) is 12.9. The molecule has 0 aliphatic heterocycles. The topological polar surface area (TPSA) is 40.5 Å². The van der Waals surface area contributed by atoms with Gasteiger partial charge in [0.15, 0.2) is 0 Å². The molecule has 0 rings (SSSR count). The number of hydrogen-bond acceptors (Lipinski definition) is 2. The fourth-order valence-corrected chi connectivity index (χ4v) is 1.61. The average molecular weight is 227 g/mol. The van der Waals surface area contributed by atoms with Gasteiger partial charge in [0.05, 0.1) is 0 Å². The van der Waals surface area contributed by atoms with Crippen LogP contribution in [0.15, 0.2) is 11.6 Å². The first-order valence-electron chi connectivity index (χ1n) is 5.95. The van der Waals surface area contributed by atoms with E-state index in [-0.39, 0.29) is 0 Å². The Bertz CT molecular complexity index is 234. The minimum absolute atomic E-state index is 0.428. The highest BCUT2D eigenvalue weighted by atomic mass is 16.4. The van der Waals surface area contributed by atoms with Crippen LogP contribution in [0.4, 0.5) is 0 Å². The summed E-state index contributed by atoms with van der Waals surface area (Å²) in [5, 5.41) is 8.77. The number of aliphatic carboxylic acids is 1. The van der Waals surface area contributed by atoms with Gasteiger partial charge in [-0.1, -0.05) is 33.8 Å². The Labute approximate surface area is 99.1 Å². The van der Waals surface area contributed by atoms with Crippen molar-refractivity contribution >= 4 is 5.97 Å². The van der Waals surface area contributed by atoms with Crippen molar-refractivity contribution in [2.45, 2.75) is 34.6 Å². The molecule has 1 N–H and O–H groups in total. The summed E-state index contributed by atoms with van der Waals surface area (Å²) in [5.41, 5.74) is 0.428. The monoisotopic (exact) mass is 227 g/mol. The Balaban J connectivity index is 4.31. The van der Waals surface area contributed by atoms with E-state index >= 15 is 0 Å². The van der Waals surface area contributed by atoms with Crippen molar-refractivity contribution in [1.82, 2.24) is 4.90 Å². The highest BCUT2D eigenvalue weighted by Gasteiger charge is 2.09. The highest BCUT2D eigenvalue weighted by Crippen LogP contribution is 2.05. The van der Waals surface area contributed by atoms with Crippen LogP contribution in [0, 0.1) is 11.8 Å². The number of hydrogen-bond donors (Lipinski definition) is 1. The summed E-state index contributed by atoms with van der Waals surface area (Å²) in [6.45, 7) is 13.1. The molecule has 0 fully saturated rings. The molecule has 0 aromatic rings. The van der Waals surface area contributed by atoms with Crippen molar-refractivity contribution in [3.8, 4) is 0 Å². The Morgan fingerprint density at radius 3 is 1.94 bits per heavy atom. The Morgan fingerprint density at radius 2 is 1.62 bits per heavy atom. The summed E-state index contributed by atoms with van der Waals surface area (Å²) in [6, 6.07) is 0. The minimum atomic E-state index is -0.825. The molecular weight excluding hydrogens is 202 g/mol. The molecule has 0 bridgehead atoms. The standard InChI is InChI=1S/C13H25NO2/c1-10(2)8-14(9-11(3)4)7-6-12(5)13(15)16/h6,10-11H,7-9H2,1-5H3,(H,15,16). The first kappa shape index (κ1) is 15.2. The second-order valence-electron chi connectivity index (χ2n) is 5.20. The molecule has 0 amide bonds. The van der Waals surface area contributed by atoms with Gasteiger partial charge in [0.1, 0.15) is 0 Å². The lowest BCUT2D eigenvalue weighted by Crippen LogP contribution is -2.31. The van der Waals surface area contributed by atoms with Crippen molar-refractivity contribution in [2.24, 2.45) is 11.8 Å². The Hall–Kier alpha value is -0.830. The van der Waals surface area contributed by atoms with E-state index in [1.54, 1.807) is 13.0 Å². The zero-order valence-electron chi connectivity index (χ0n) is 11.2. The summed E-state index contributed by atoms with van der Waals surface area (Å²) < 4.78 is 0. The van der Waals surface area contributed by atoms with Crippen molar-refractivity contribution in [2.75, 3.05) is 19.6 Å². The quantitative estimate of drug-likeness (QED) is 0.680. The van der Waals surface area contributed by atoms with E-state index in [4.69, 9.17) is 5.11 Å². The molecule has 0 unspecified atom stereocenters. The molecule has 3 nitrogen and oxygen atoms in total. The van der Waals surface area contributed by atoms with Crippen LogP contribution < -0.4 is 0 Å². The summed E-state index contributed by atoms with van der Waals surface area (Å²) in [7, 11) is 0. The van der Waals surface area contributed by atoms with E-state index in [0.717, 1.165) is 19.6 Å². The van der Waals surface area contributed by atoms with Gasteiger partial charge in [-0.05, 0) is 18.8 Å². The number of rotatable bonds is 7. The maximum absolute atomic E-state index is 10.7. The van der Waals surface area contributed by atoms with Crippen molar-refractivity contribution in [3.63, 3.8) is 0 Å². The SMILES string of the molecule is CC(=CCN(CC(C)C)CC(C)C)C(=O)O. The van der Waals surface area contributed by atoms with Crippen LogP contribution >= 0.6 is 0 Å². The largest absolute Gasteiger partial charge is 0.478 e. The molecule has 0 radical (unpaired) electrons. The van der Waals surface area contributed by atoms with E-state index in [1.165, 1.54) is 0 Å². The molecule has 3 heteroatoms. The predicted octanol–water partition coefficient (Wildman–Crippen LogP) is 2.63. The number of carboxylic acids is 1. The lowest BCUT2D eigenvalue weighted by atomic mass is 10.1. The van der Waals surface area contributed by atoms with E-state index in [2.05, 4.69) is 32.6 Å². The fraction of sp³-hybridized carbons (Fsp3) is 0.769. The second-order valence-corrected chi connectivity index (χ2v) is 5.20. The third-order valence-electron chi connectivity index (χ3n) is 2.24. The Kier molecular flexibility index (Phi) is 7.06. The zero-order valence-corrected chi connectivity index (χ0v) is 11.2. The summed E-state index contributed by atoms with van der Waals surface area (Å²) in [5.74, 6) is 0.392. The lowest BCUT2D eigenvalue weighted by molar-refractivity contribution is -0.132. The van der Waals surface area contributed by atoms with Gasteiger partial charge < -0.3 is 5.11 Å². The van der Waals surface area contributed by atoms with Crippen LogP contribution in [0.25, 0.3) is 0 Å². The molecule has 0 saturated carbocycles.